The molecule has 21 heavy (non-hydrogen) atoms. The molecule has 0 heterocycles. The lowest BCUT2D eigenvalue weighted by Gasteiger charge is -2.05. The van der Waals surface area contributed by atoms with Crippen molar-refractivity contribution in [2.75, 3.05) is 13.7 Å². The van der Waals surface area contributed by atoms with E-state index in [0.717, 1.165) is 0 Å². The number of nitro groups is 1. The van der Waals surface area contributed by atoms with Crippen molar-refractivity contribution in [3.05, 3.63) is 39.4 Å². The first-order valence-corrected chi connectivity index (χ1v) is 6.12. The van der Waals surface area contributed by atoms with E-state index in [0.29, 0.717) is 5.56 Å². The van der Waals surface area contributed by atoms with E-state index >= 15 is 0 Å². The fraction of sp³-hybridized carbons (Fsp3) is 0.286. The van der Waals surface area contributed by atoms with Crippen LogP contribution in [0, 0.1) is 10.1 Å². The molecular formula is C14H15NO6. The Morgan fingerprint density at radius 1 is 1.38 bits per heavy atom. The van der Waals surface area contributed by atoms with Crippen LogP contribution in [-0.2, 0) is 14.3 Å². The molecule has 0 aliphatic rings. The molecule has 0 fully saturated rings. The number of nitrogens with zero attached hydrogens (tertiary/aromatic N) is 1. The molecule has 0 aromatic heterocycles. The molecule has 7 heteroatoms. The Morgan fingerprint density at radius 3 is 2.52 bits per heavy atom. The molecule has 1 aromatic rings. The number of carbonyl (C=O) groups excluding carboxylic acids is 2. The highest BCUT2D eigenvalue weighted by Crippen LogP contribution is 2.28. The third-order valence-electron chi connectivity index (χ3n) is 2.59. The summed E-state index contributed by atoms with van der Waals surface area (Å²) in [5.41, 5.74) is -0.0879. The topological polar surface area (TPSA) is 95.7 Å². The minimum atomic E-state index is -0.761. The van der Waals surface area contributed by atoms with Crippen LogP contribution >= 0.6 is 0 Å². The van der Waals surface area contributed by atoms with E-state index < -0.39 is 16.7 Å². The third-order valence-corrected chi connectivity index (χ3v) is 2.59. The van der Waals surface area contributed by atoms with Crippen molar-refractivity contribution in [1.82, 2.24) is 0 Å². The van der Waals surface area contributed by atoms with Crippen molar-refractivity contribution in [3.63, 3.8) is 0 Å². The quantitative estimate of drug-likeness (QED) is 0.199. The molecule has 0 atom stereocenters. The van der Waals surface area contributed by atoms with Gasteiger partial charge in [-0.2, -0.15) is 0 Å². The standard InChI is InChI=1S/C14H15NO6/c1-4-21-14(17)11(9(2)16)7-10-5-6-13(20-3)12(8-10)15(18)19/h5-8H,4H2,1-3H3. The van der Waals surface area contributed by atoms with E-state index in [1.807, 2.05) is 0 Å². The average Bonchev–Trinajstić information content (AvgIpc) is 2.44. The molecule has 0 saturated heterocycles. The van der Waals surface area contributed by atoms with Gasteiger partial charge in [0.15, 0.2) is 11.5 Å². The second-order valence-corrected chi connectivity index (χ2v) is 4.02. The van der Waals surface area contributed by atoms with E-state index in [-0.39, 0.29) is 23.6 Å². The Hall–Kier alpha value is -2.70. The largest absolute Gasteiger partial charge is 0.490 e. The van der Waals surface area contributed by atoms with Gasteiger partial charge in [-0.15, -0.1) is 0 Å². The van der Waals surface area contributed by atoms with E-state index in [4.69, 9.17) is 9.47 Å². The van der Waals surface area contributed by atoms with Crippen LogP contribution in [0.4, 0.5) is 5.69 Å². The number of hydrogen-bond donors (Lipinski definition) is 0. The summed E-state index contributed by atoms with van der Waals surface area (Å²) in [5, 5.41) is 10.9. The van der Waals surface area contributed by atoms with Crippen LogP contribution in [0.15, 0.2) is 23.8 Å². The summed E-state index contributed by atoms with van der Waals surface area (Å²) in [6.45, 7) is 2.97. The van der Waals surface area contributed by atoms with E-state index in [9.17, 15) is 19.7 Å². The number of benzene rings is 1. The summed E-state index contributed by atoms with van der Waals surface area (Å²) >= 11 is 0. The predicted octanol–water partition coefficient (Wildman–Crippen LogP) is 2.14. The third kappa shape index (κ3) is 4.13. The summed E-state index contributed by atoms with van der Waals surface area (Å²) in [6, 6.07) is 4.13. The van der Waals surface area contributed by atoms with Gasteiger partial charge in [-0.05, 0) is 31.6 Å². The maximum atomic E-state index is 11.7. The van der Waals surface area contributed by atoms with Gasteiger partial charge < -0.3 is 9.47 Å². The van der Waals surface area contributed by atoms with Crippen molar-refractivity contribution in [1.29, 1.82) is 0 Å². The summed E-state index contributed by atoms with van der Waals surface area (Å²) in [7, 11) is 1.32. The van der Waals surface area contributed by atoms with Crippen LogP contribution in [0.25, 0.3) is 6.08 Å². The maximum absolute atomic E-state index is 11.7. The molecule has 0 aliphatic heterocycles. The Labute approximate surface area is 121 Å². The van der Waals surface area contributed by atoms with Crippen LogP contribution in [0.5, 0.6) is 5.75 Å². The highest BCUT2D eigenvalue weighted by Gasteiger charge is 2.18. The van der Waals surface area contributed by atoms with Crippen LogP contribution in [0.2, 0.25) is 0 Å². The summed E-state index contributed by atoms with van der Waals surface area (Å²) in [6.07, 6.45) is 1.26. The smallest absolute Gasteiger partial charge is 0.341 e. The molecular weight excluding hydrogens is 278 g/mol. The number of esters is 1. The normalized spacial score (nSPS) is 10.9. The summed E-state index contributed by atoms with van der Waals surface area (Å²) in [4.78, 5) is 33.5. The van der Waals surface area contributed by atoms with E-state index in [1.165, 1.54) is 38.3 Å². The van der Waals surface area contributed by atoms with Gasteiger partial charge in [-0.1, -0.05) is 6.07 Å². The minimum absolute atomic E-state index is 0.0951. The molecule has 0 radical (unpaired) electrons. The zero-order valence-electron chi connectivity index (χ0n) is 11.9. The van der Waals surface area contributed by atoms with Crippen LogP contribution in [-0.4, -0.2) is 30.4 Å². The lowest BCUT2D eigenvalue weighted by molar-refractivity contribution is -0.385. The Morgan fingerprint density at radius 2 is 2.05 bits per heavy atom. The molecule has 0 aliphatic carbocycles. The van der Waals surface area contributed by atoms with E-state index in [2.05, 4.69) is 0 Å². The van der Waals surface area contributed by atoms with Crippen LogP contribution in [0.1, 0.15) is 19.4 Å². The number of nitro benzene ring substituents is 1. The van der Waals surface area contributed by atoms with Crippen molar-refractivity contribution >= 4 is 23.5 Å². The van der Waals surface area contributed by atoms with Crippen molar-refractivity contribution < 1.29 is 24.0 Å². The maximum Gasteiger partial charge on any atom is 0.341 e. The molecule has 1 rings (SSSR count). The first-order chi connectivity index (χ1) is 9.90. The Balaban J connectivity index is 3.28. The average molecular weight is 293 g/mol. The fourth-order valence-electron chi connectivity index (χ4n) is 1.62. The first kappa shape index (κ1) is 16.4. The lowest BCUT2D eigenvalue weighted by atomic mass is 10.1. The van der Waals surface area contributed by atoms with Crippen molar-refractivity contribution in [3.8, 4) is 5.75 Å². The molecule has 0 amide bonds. The zero-order valence-corrected chi connectivity index (χ0v) is 11.9. The predicted molar refractivity (Wildman–Crippen MR) is 74.9 cm³/mol. The lowest BCUT2D eigenvalue weighted by Crippen LogP contribution is -2.13. The van der Waals surface area contributed by atoms with Gasteiger partial charge in [0.25, 0.3) is 0 Å². The molecule has 1 aromatic carbocycles. The second-order valence-electron chi connectivity index (χ2n) is 4.02. The van der Waals surface area contributed by atoms with Gasteiger partial charge in [-0.3, -0.25) is 14.9 Å². The highest BCUT2D eigenvalue weighted by atomic mass is 16.6. The van der Waals surface area contributed by atoms with Gasteiger partial charge in [0.1, 0.15) is 5.57 Å². The minimum Gasteiger partial charge on any atom is -0.490 e. The second kappa shape index (κ2) is 7.18. The number of Topliss-reactive ketones (excluding diaryl/α,β-unsaturated/α-hetero) is 1. The molecule has 0 bridgehead atoms. The molecule has 0 saturated carbocycles. The molecule has 112 valence electrons. The molecule has 0 spiro atoms. The summed E-state index contributed by atoms with van der Waals surface area (Å²) < 4.78 is 9.65. The number of rotatable bonds is 6. The molecule has 0 N–H and O–H groups in total. The van der Waals surface area contributed by atoms with Crippen LogP contribution < -0.4 is 4.74 Å². The molecule has 7 nitrogen and oxygen atoms in total. The van der Waals surface area contributed by atoms with Crippen molar-refractivity contribution in [2.24, 2.45) is 0 Å². The number of ketones is 1. The monoisotopic (exact) mass is 293 g/mol. The Bertz CT molecular complexity index is 605. The van der Waals surface area contributed by atoms with Gasteiger partial charge in [0.05, 0.1) is 18.6 Å². The van der Waals surface area contributed by atoms with Gasteiger partial charge in [-0.25, -0.2) is 4.79 Å². The first-order valence-electron chi connectivity index (χ1n) is 6.12. The van der Waals surface area contributed by atoms with Gasteiger partial charge >= 0.3 is 11.7 Å². The SMILES string of the molecule is CCOC(=O)C(=Cc1ccc(OC)c([N+](=O)[O-])c1)C(C)=O. The van der Waals surface area contributed by atoms with Crippen molar-refractivity contribution in [2.45, 2.75) is 13.8 Å². The number of methoxy groups -OCH3 is 1. The summed E-state index contributed by atoms with van der Waals surface area (Å²) in [5.74, 6) is -1.15. The highest BCUT2D eigenvalue weighted by molar-refractivity contribution is 6.19. The number of ether oxygens (including phenoxy) is 2. The van der Waals surface area contributed by atoms with Gasteiger partial charge in [0, 0.05) is 6.07 Å². The number of hydrogen-bond acceptors (Lipinski definition) is 6. The van der Waals surface area contributed by atoms with Gasteiger partial charge in [0.2, 0.25) is 0 Å². The van der Waals surface area contributed by atoms with Crippen LogP contribution in [0.3, 0.4) is 0 Å². The zero-order chi connectivity index (χ0) is 16.0. The molecule has 0 unspecified atom stereocenters. The van der Waals surface area contributed by atoms with E-state index in [1.54, 1.807) is 6.92 Å². The Kier molecular flexibility index (Phi) is 5.59. The fourth-order valence-corrected chi connectivity index (χ4v) is 1.62. The number of carbonyl (C=O) groups is 2.